The lowest BCUT2D eigenvalue weighted by molar-refractivity contribution is 0.0721. The Balaban J connectivity index is 1.64. The number of nitrogens with zero attached hydrogens (tertiary/aromatic N) is 2. The van der Waals surface area contributed by atoms with E-state index in [0.29, 0.717) is 31.9 Å². The smallest absolute Gasteiger partial charge is 0.254 e. The highest BCUT2D eigenvalue weighted by atomic mass is 32.1. The zero-order valence-electron chi connectivity index (χ0n) is 17.8. The maximum atomic E-state index is 13.0. The second-order valence-electron chi connectivity index (χ2n) is 7.28. The van der Waals surface area contributed by atoms with E-state index in [1.165, 1.54) is 11.1 Å². The van der Waals surface area contributed by atoms with E-state index in [-0.39, 0.29) is 5.91 Å². The van der Waals surface area contributed by atoms with Crippen molar-refractivity contribution in [3.63, 3.8) is 0 Å². The Morgan fingerprint density at radius 1 is 1.10 bits per heavy atom. The third-order valence-electron chi connectivity index (χ3n) is 4.59. The number of thiazole rings is 1. The van der Waals surface area contributed by atoms with Gasteiger partial charge in [-0.3, -0.25) is 4.79 Å². The molecule has 0 atom stereocenters. The van der Waals surface area contributed by atoms with Crippen LogP contribution in [0, 0.1) is 13.8 Å². The van der Waals surface area contributed by atoms with Crippen LogP contribution in [-0.2, 0) is 17.9 Å². The number of methoxy groups -OCH3 is 1. The van der Waals surface area contributed by atoms with Crippen molar-refractivity contribution in [1.82, 2.24) is 9.88 Å². The van der Waals surface area contributed by atoms with Gasteiger partial charge in [-0.15, -0.1) is 11.3 Å². The molecule has 0 aliphatic heterocycles. The minimum atomic E-state index is 0.00717. The van der Waals surface area contributed by atoms with E-state index in [2.05, 4.69) is 24.9 Å². The molecule has 3 aromatic rings. The molecule has 0 saturated heterocycles. The van der Waals surface area contributed by atoms with Gasteiger partial charge in [-0.1, -0.05) is 24.3 Å². The third-order valence-corrected chi connectivity index (χ3v) is 5.47. The van der Waals surface area contributed by atoms with Crippen molar-refractivity contribution in [1.29, 1.82) is 0 Å². The zero-order chi connectivity index (χ0) is 21.3. The molecule has 0 radical (unpaired) electrons. The largest absolute Gasteiger partial charge is 0.486 e. The molecule has 158 valence electrons. The van der Waals surface area contributed by atoms with Gasteiger partial charge in [0.1, 0.15) is 17.4 Å². The number of carbonyl (C=O) groups excluding carboxylic acids is 1. The number of ether oxygens (including phenoxy) is 2. The maximum Gasteiger partial charge on any atom is 0.254 e. The average molecular weight is 425 g/mol. The first-order valence-corrected chi connectivity index (χ1v) is 10.9. The molecule has 1 amide bonds. The van der Waals surface area contributed by atoms with Crippen molar-refractivity contribution < 1.29 is 14.3 Å². The Bertz CT molecular complexity index is 936. The van der Waals surface area contributed by atoms with Gasteiger partial charge >= 0.3 is 0 Å². The molecule has 0 unspecified atom stereocenters. The fraction of sp³-hybridized carbons (Fsp3) is 0.333. The van der Waals surface area contributed by atoms with Crippen LogP contribution < -0.4 is 4.74 Å². The van der Waals surface area contributed by atoms with Crippen LogP contribution >= 0.6 is 11.3 Å². The minimum absolute atomic E-state index is 0.00717. The average Bonchev–Trinajstić information content (AvgIpc) is 3.18. The van der Waals surface area contributed by atoms with E-state index < -0.39 is 0 Å². The van der Waals surface area contributed by atoms with Crippen LogP contribution in [0.5, 0.6) is 5.75 Å². The molecular weight excluding hydrogens is 396 g/mol. The van der Waals surface area contributed by atoms with Gasteiger partial charge in [-0.25, -0.2) is 4.98 Å². The van der Waals surface area contributed by atoms with E-state index in [1.807, 2.05) is 52.7 Å². The van der Waals surface area contributed by atoms with Crippen LogP contribution in [0.2, 0.25) is 0 Å². The topological polar surface area (TPSA) is 51.7 Å². The first kappa shape index (κ1) is 22.0. The summed E-state index contributed by atoms with van der Waals surface area (Å²) < 4.78 is 11.1. The molecule has 6 heteroatoms. The summed E-state index contributed by atoms with van der Waals surface area (Å²) in [6, 6.07) is 15.5. The third kappa shape index (κ3) is 6.40. The summed E-state index contributed by atoms with van der Waals surface area (Å²) in [5.74, 6) is 0.859. The number of benzene rings is 2. The number of hydrogen-bond acceptors (Lipinski definition) is 5. The van der Waals surface area contributed by atoms with Crippen LogP contribution in [0.25, 0.3) is 0 Å². The minimum Gasteiger partial charge on any atom is -0.486 e. The summed E-state index contributed by atoms with van der Waals surface area (Å²) in [5.41, 5.74) is 3.91. The van der Waals surface area contributed by atoms with E-state index in [1.54, 1.807) is 18.4 Å². The molecule has 3 rings (SSSR count). The summed E-state index contributed by atoms with van der Waals surface area (Å²) in [6.45, 7) is 6.24. The molecule has 0 fully saturated rings. The van der Waals surface area contributed by atoms with Crippen LogP contribution in [0.15, 0.2) is 53.9 Å². The van der Waals surface area contributed by atoms with E-state index in [0.717, 1.165) is 22.9 Å². The molecular formula is C24H28N2O3S. The molecule has 5 nitrogen and oxygen atoms in total. The SMILES string of the molecule is COCCCN(Cc1csc(COc2cc(C)cc(C)c2)n1)C(=O)c1ccccc1. The summed E-state index contributed by atoms with van der Waals surface area (Å²) in [4.78, 5) is 19.5. The maximum absolute atomic E-state index is 13.0. The van der Waals surface area contributed by atoms with Gasteiger partial charge in [-0.2, -0.15) is 0 Å². The first-order valence-electron chi connectivity index (χ1n) is 10.0. The Hall–Kier alpha value is -2.70. The van der Waals surface area contributed by atoms with Crippen molar-refractivity contribution in [2.75, 3.05) is 20.3 Å². The number of carbonyl (C=O) groups is 1. The van der Waals surface area contributed by atoms with Gasteiger partial charge in [0.25, 0.3) is 5.91 Å². The highest BCUT2D eigenvalue weighted by Crippen LogP contribution is 2.20. The number of amides is 1. The van der Waals surface area contributed by atoms with Gasteiger partial charge < -0.3 is 14.4 Å². The molecule has 2 aromatic carbocycles. The normalized spacial score (nSPS) is 10.8. The standard InChI is InChI=1S/C24H28N2O3S/c1-18-12-19(2)14-22(13-18)29-16-23-25-21(17-30-23)15-26(10-7-11-28-3)24(27)20-8-5-4-6-9-20/h4-6,8-9,12-14,17H,7,10-11,15-16H2,1-3H3. The lowest BCUT2D eigenvalue weighted by atomic mass is 10.1. The Labute approximate surface area is 182 Å². The molecule has 0 aliphatic rings. The lowest BCUT2D eigenvalue weighted by Gasteiger charge is -2.22. The summed E-state index contributed by atoms with van der Waals surface area (Å²) >= 11 is 1.56. The molecule has 1 aromatic heterocycles. The fourth-order valence-corrected chi connectivity index (χ4v) is 3.96. The highest BCUT2D eigenvalue weighted by Gasteiger charge is 2.17. The summed E-state index contributed by atoms with van der Waals surface area (Å²) in [5, 5.41) is 2.90. The van der Waals surface area contributed by atoms with E-state index in [4.69, 9.17) is 9.47 Å². The monoisotopic (exact) mass is 424 g/mol. The number of aromatic nitrogens is 1. The van der Waals surface area contributed by atoms with Gasteiger partial charge in [-0.05, 0) is 55.7 Å². The van der Waals surface area contributed by atoms with Crippen molar-refractivity contribution >= 4 is 17.2 Å². The quantitative estimate of drug-likeness (QED) is 0.429. The second-order valence-corrected chi connectivity index (χ2v) is 8.23. The first-order chi connectivity index (χ1) is 14.5. The van der Waals surface area contributed by atoms with Crippen molar-refractivity contribution in [3.05, 3.63) is 81.3 Å². The highest BCUT2D eigenvalue weighted by molar-refractivity contribution is 7.09. The zero-order valence-corrected chi connectivity index (χ0v) is 18.6. The van der Waals surface area contributed by atoms with Gasteiger partial charge in [0.2, 0.25) is 0 Å². The Kier molecular flexibility index (Phi) is 7.99. The summed E-state index contributed by atoms with van der Waals surface area (Å²) in [6.07, 6.45) is 0.780. The van der Waals surface area contributed by atoms with Crippen molar-refractivity contribution in [2.45, 2.75) is 33.4 Å². The van der Waals surface area contributed by atoms with Crippen LogP contribution in [0.1, 0.15) is 38.6 Å². The lowest BCUT2D eigenvalue weighted by Crippen LogP contribution is -2.32. The van der Waals surface area contributed by atoms with Crippen LogP contribution in [-0.4, -0.2) is 36.1 Å². The molecule has 0 aliphatic carbocycles. The predicted octanol–water partition coefficient (Wildman–Crippen LogP) is 5.02. The van der Waals surface area contributed by atoms with Gasteiger partial charge in [0.05, 0.1) is 12.2 Å². The predicted molar refractivity (Wildman–Crippen MR) is 120 cm³/mol. The van der Waals surface area contributed by atoms with Crippen LogP contribution in [0.4, 0.5) is 0 Å². The molecule has 0 saturated carbocycles. The molecule has 0 bridgehead atoms. The molecule has 0 spiro atoms. The van der Waals surface area contributed by atoms with Gasteiger partial charge in [0.15, 0.2) is 0 Å². The van der Waals surface area contributed by atoms with Crippen molar-refractivity contribution in [3.8, 4) is 5.75 Å². The van der Waals surface area contributed by atoms with Crippen LogP contribution in [0.3, 0.4) is 0 Å². The van der Waals surface area contributed by atoms with E-state index in [9.17, 15) is 4.79 Å². The fourth-order valence-electron chi connectivity index (χ4n) is 3.26. The molecule has 30 heavy (non-hydrogen) atoms. The van der Waals surface area contributed by atoms with Crippen molar-refractivity contribution in [2.24, 2.45) is 0 Å². The number of rotatable bonds is 10. The number of hydrogen-bond donors (Lipinski definition) is 0. The Morgan fingerprint density at radius 2 is 1.83 bits per heavy atom. The Morgan fingerprint density at radius 3 is 2.53 bits per heavy atom. The molecule has 1 heterocycles. The summed E-state index contributed by atoms with van der Waals surface area (Å²) in [7, 11) is 1.67. The van der Waals surface area contributed by atoms with Gasteiger partial charge in [0, 0.05) is 31.2 Å². The van der Waals surface area contributed by atoms with E-state index >= 15 is 0 Å². The molecule has 0 N–H and O–H groups in total. The number of aryl methyl sites for hydroxylation is 2. The second kappa shape index (κ2) is 10.9.